The van der Waals surface area contributed by atoms with Crippen molar-refractivity contribution >= 4 is 23.2 Å². The maximum Gasteiger partial charge on any atom is 0.249 e. The maximum absolute atomic E-state index is 12.5. The van der Waals surface area contributed by atoms with Gasteiger partial charge in [0.1, 0.15) is 17.5 Å². The molecule has 0 spiro atoms. The largest absolute Gasteiger partial charge is 0.497 e. The summed E-state index contributed by atoms with van der Waals surface area (Å²) in [4.78, 5) is 12.5. The van der Waals surface area contributed by atoms with E-state index < -0.39 is 6.04 Å². The van der Waals surface area contributed by atoms with Gasteiger partial charge in [-0.3, -0.25) is 9.48 Å². The van der Waals surface area contributed by atoms with E-state index in [-0.39, 0.29) is 5.91 Å². The number of halogens is 1. The molecule has 7 heteroatoms. The third-order valence-corrected chi connectivity index (χ3v) is 4.02. The molecule has 1 N–H and O–H groups in total. The Bertz CT molecular complexity index is 880. The lowest BCUT2D eigenvalue weighted by Gasteiger charge is -2.16. The maximum atomic E-state index is 12.5. The summed E-state index contributed by atoms with van der Waals surface area (Å²) in [7, 11) is 1.60. The number of hydrogen-bond donors (Lipinski definition) is 1. The molecule has 134 valence electrons. The molecule has 3 rings (SSSR count). The van der Waals surface area contributed by atoms with Gasteiger partial charge >= 0.3 is 0 Å². The first-order valence-corrected chi connectivity index (χ1v) is 8.36. The van der Waals surface area contributed by atoms with Crippen LogP contribution in [0, 0.1) is 0 Å². The smallest absolute Gasteiger partial charge is 0.249 e. The average Bonchev–Trinajstić information content (AvgIpc) is 3.18. The quantitative estimate of drug-likeness (QED) is 0.691. The van der Waals surface area contributed by atoms with Crippen molar-refractivity contribution in [2.45, 2.75) is 13.0 Å². The van der Waals surface area contributed by atoms with Gasteiger partial charge in [0.05, 0.1) is 12.8 Å². The molecule has 0 aliphatic carbocycles. The lowest BCUT2D eigenvalue weighted by atomic mass is 10.2. The number of nitrogens with one attached hydrogen (secondary N) is 1. The highest BCUT2D eigenvalue weighted by Gasteiger charge is 2.17. The van der Waals surface area contributed by atoms with Gasteiger partial charge in [-0.1, -0.05) is 11.6 Å². The van der Waals surface area contributed by atoms with Gasteiger partial charge in [-0.15, -0.1) is 0 Å². The summed E-state index contributed by atoms with van der Waals surface area (Å²) in [5.41, 5.74) is 0.484. The fraction of sp³-hybridized carbons (Fsp3) is 0.158. The number of benzene rings is 2. The first-order valence-electron chi connectivity index (χ1n) is 7.98. The van der Waals surface area contributed by atoms with Crippen LogP contribution in [0.1, 0.15) is 13.0 Å². The molecule has 1 amide bonds. The van der Waals surface area contributed by atoms with Crippen LogP contribution in [-0.4, -0.2) is 22.8 Å². The fourth-order valence-corrected chi connectivity index (χ4v) is 2.50. The van der Waals surface area contributed by atoms with Crippen LogP contribution in [0.3, 0.4) is 0 Å². The van der Waals surface area contributed by atoms with Gasteiger partial charge < -0.3 is 14.8 Å². The van der Waals surface area contributed by atoms with E-state index in [2.05, 4.69) is 10.4 Å². The molecule has 0 aliphatic heterocycles. The summed E-state index contributed by atoms with van der Waals surface area (Å²) in [6.45, 7) is 1.76. The molecule has 1 atom stereocenters. The first kappa shape index (κ1) is 17.8. The second-order valence-corrected chi connectivity index (χ2v) is 6.01. The van der Waals surface area contributed by atoms with Crippen molar-refractivity contribution in [3.8, 4) is 17.2 Å². The summed E-state index contributed by atoms with van der Waals surface area (Å²) in [6.07, 6.45) is 3.36. The number of carbonyl (C=O) groups excluding carboxylic acids is 1. The topological polar surface area (TPSA) is 65.4 Å². The second-order valence-electron chi connectivity index (χ2n) is 5.57. The Morgan fingerprint density at radius 1 is 1.19 bits per heavy atom. The van der Waals surface area contributed by atoms with Gasteiger partial charge in [0.15, 0.2) is 5.75 Å². The number of hydrogen-bond acceptors (Lipinski definition) is 4. The van der Waals surface area contributed by atoms with E-state index in [1.165, 1.54) is 0 Å². The Morgan fingerprint density at radius 2 is 1.92 bits per heavy atom. The molecule has 0 bridgehead atoms. The molecule has 1 unspecified atom stereocenters. The van der Waals surface area contributed by atoms with Crippen LogP contribution in [0.2, 0.25) is 5.02 Å². The Morgan fingerprint density at radius 3 is 2.58 bits per heavy atom. The van der Waals surface area contributed by atoms with Gasteiger partial charge in [0, 0.05) is 17.4 Å². The molecule has 0 aliphatic rings. The summed E-state index contributed by atoms with van der Waals surface area (Å²) < 4.78 is 12.6. The van der Waals surface area contributed by atoms with E-state index >= 15 is 0 Å². The minimum atomic E-state index is -0.474. The van der Waals surface area contributed by atoms with Crippen LogP contribution < -0.4 is 14.8 Å². The molecule has 2 aromatic carbocycles. The number of methoxy groups -OCH3 is 1. The summed E-state index contributed by atoms with van der Waals surface area (Å²) in [5.74, 6) is 1.61. The van der Waals surface area contributed by atoms with Gasteiger partial charge in [0.25, 0.3) is 0 Å². The van der Waals surface area contributed by atoms with Crippen molar-refractivity contribution in [3.05, 3.63) is 65.9 Å². The molecule has 0 saturated heterocycles. The molecule has 0 radical (unpaired) electrons. The monoisotopic (exact) mass is 371 g/mol. The van der Waals surface area contributed by atoms with Gasteiger partial charge in [-0.2, -0.15) is 5.10 Å². The standard InChI is InChI=1S/C19H18ClN3O3/c1-13(23-11-3-10-21-23)19(24)22-17-12-14(20)4-9-18(17)26-16-7-5-15(25-2)6-8-16/h3-13H,1-2H3,(H,22,24). The third kappa shape index (κ3) is 4.15. The Kier molecular flexibility index (Phi) is 5.43. The van der Waals surface area contributed by atoms with E-state index in [0.29, 0.717) is 22.2 Å². The SMILES string of the molecule is COc1ccc(Oc2ccc(Cl)cc2NC(=O)C(C)n2cccn2)cc1. The van der Waals surface area contributed by atoms with Crippen LogP contribution in [-0.2, 0) is 4.79 Å². The summed E-state index contributed by atoms with van der Waals surface area (Å²) in [6, 6.07) is 13.5. The fourth-order valence-electron chi connectivity index (χ4n) is 2.33. The number of rotatable bonds is 6. The van der Waals surface area contributed by atoms with Crippen LogP contribution in [0.5, 0.6) is 17.2 Å². The average molecular weight is 372 g/mol. The normalized spacial score (nSPS) is 11.7. The summed E-state index contributed by atoms with van der Waals surface area (Å²) in [5, 5.41) is 7.43. The van der Waals surface area contributed by atoms with Crippen molar-refractivity contribution in [2.24, 2.45) is 0 Å². The zero-order valence-corrected chi connectivity index (χ0v) is 15.1. The first-order chi connectivity index (χ1) is 12.6. The van der Waals surface area contributed by atoms with Gasteiger partial charge in [-0.05, 0) is 55.5 Å². The minimum absolute atomic E-state index is 0.226. The molecule has 26 heavy (non-hydrogen) atoms. The predicted molar refractivity (Wildman–Crippen MR) is 100 cm³/mol. The molecule has 0 fully saturated rings. The highest BCUT2D eigenvalue weighted by atomic mass is 35.5. The zero-order chi connectivity index (χ0) is 18.5. The highest BCUT2D eigenvalue weighted by molar-refractivity contribution is 6.31. The minimum Gasteiger partial charge on any atom is -0.497 e. The Labute approximate surface area is 156 Å². The van der Waals surface area contributed by atoms with E-state index in [0.717, 1.165) is 5.75 Å². The lowest BCUT2D eigenvalue weighted by Crippen LogP contribution is -2.24. The molecular weight excluding hydrogens is 354 g/mol. The predicted octanol–water partition coefficient (Wildman–Crippen LogP) is 4.54. The number of amides is 1. The Balaban J connectivity index is 1.80. The third-order valence-electron chi connectivity index (χ3n) is 3.79. The Hall–Kier alpha value is -2.99. The molecule has 0 saturated carbocycles. The number of nitrogens with zero attached hydrogens (tertiary/aromatic N) is 2. The van der Waals surface area contributed by atoms with Crippen LogP contribution >= 0.6 is 11.6 Å². The number of aromatic nitrogens is 2. The van der Waals surface area contributed by atoms with Crippen molar-refractivity contribution in [3.63, 3.8) is 0 Å². The van der Waals surface area contributed by atoms with E-state index in [9.17, 15) is 4.79 Å². The zero-order valence-electron chi connectivity index (χ0n) is 14.3. The highest BCUT2D eigenvalue weighted by Crippen LogP contribution is 2.33. The van der Waals surface area contributed by atoms with Gasteiger partial charge in [-0.25, -0.2) is 0 Å². The van der Waals surface area contributed by atoms with Crippen molar-refractivity contribution < 1.29 is 14.3 Å². The van der Waals surface area contributed by atoms with Crippen molar-refractivity contribution in [1.82, 2.24) is 9.78 Å². The van der Waals surface area contributed by atoms with Crippen LogP contribution in [0.25, 0.3) is 0 Å². The van der Waals surface area contributed by atoms with Crippen LogP contribution in [0.4, 0.5) is 5.69 Å². The molecular formula is C19H18ClN3O3. The molecule has 1 aromatic heterocycles. The van der Waals surface area contributed by atoms with Crippen molar-refractivity contribution in [2.75, 3.05) is 12.4 Å². The van der Waals surface area contributed by atoms with E-state index in [4.69, 9.17) is 21.1 Å². The number of anilines is 1. The second kappa shape index (κ2) is 7.93. The molecule has 6 nitrogen and oxygen atoms in total. The van der Waals surface area contributed by atoms with Gasteiger partial charge in [0.2, 0.25) is 5.91 Å². The van der Waals surface area contributed by atoms with E-state index in [1.807, 2.05) is 0 Å². The molecule has 3 aromatic rings. The lowest BCUT2D eigenvalue weighted by molar-refractivity contribution is -0.119. The van der Waals surface area contributed by atoms with Crippen molar-refractivity contribution in [1.29, 1.82) is 0 Å². The number of carbonyl (C=O) groups is 1. The molecule has 1 heterocycles. The summed E-state index contributed by atoms with van der Waals surface area (Å²) >= 11 is 6.08. The van der Waals surface area contributed by atoms with Crippen LogP contribution in [0.15, 0.2) is 60.9 Å². The van der Waals surface area contributed by atoms with E-state index in [1.54, 1.807) is 79.6 Å². The number of ether oxygens (including phenoxy) is 2.